The Morgan fingerprint density at radius 2 is 2.00 bits per heavy atom. The fourth-order valence-electron chi connectivity index (χ4n) is 2.46. The number of aldehydes is 1. The topological polar surface area (TPSA) is 84.8 Å². The Bertz CT molecular complexity index is 981. The molecule has 1 N–H and O–H groups in total. The third-order valence-electron chi connectivity index (χ3n) is 3.89. The van der Waals surface area contributed by atoms with E-state index in [9.17, 15) is 9.59 Å². The molecule has 2 heterocycles. The molecule has 0 fully saturated rings. The number of hydrogen-bond donors (Lipinski definition) is 1. The molecule has 0 saturated carbocycles. The van der Waals surface area contributed by atoms with E-state index in [0.717, 1.165) is 23.0 Å². The van der Waals surface area contributed by atoms with Crippen LogP contribution in [-0.4, -0.2) is 27.1 Å². The van der Waals surface area contributed by atoms with Crippen molar-refractivity contribution in [3.63, 3.8) is 0 Å². The maximum atomic E-state index is 12.3. The van der Waals surface area contributed by atoms with E-state index in [1.54, 1.807) is 42.7 Å². The lowest BCUT2D eigenvalue weighted by Crippen LogP contribution is -2.14. The van der Waals surface area contributed by atoms with Gasteiger partial charge in [-0.05, 0) is 30.2 Å². The predicted molar refractivity (Wildman–Crippen MR) is 99.9 cm³/mol. The number of carbonyl (C=O) groups is 2. The molecule has 0 unspecified atom stereocenters. The first-order valence-corrected chi connectivity index (χ1v) is 7.88. The maximum Gasteiger partial charge on any atom is 0.258 e. The Kier molecular flexibility index (Phi) is 4.94. The maximum absolute atomic E-state index is 12.3. The highest BCUT2D eigenvalue weighted by Gasteiger charge is 2.11. The van der Waals surface area contributed by atoms with Crippen LogP contribution in [0.15, 0.2) is 55.6 Å². The first kappa shape index (κ1) is 17.2. The first-order valence-electron chi connectivity index (χ1n) is 7.88. The van der Waals surface area contributed by atoms with Crippen molar-refractivity contribution in [1.82, 2.24) is 15.0 Å². The van der Waals surface area contributed by atoms with Gasteiger partial charge < -0.3 is 5.32 Å². The lowest BCUT2D eigenvalue weighted by molar-refractivity contribution is 0.102. The summed E-state index contributed by atoms with van der Waals surface area (Å²) in [6.07, 6.45) is 8.61. The molecule has 6 heteroatoms. The summed E-state index contributed by atoms with van der Waals surface area (Å²) in [5.41, 5.74) is 4.01. The average molecular weight is 344 g/mol. The van der Waals surface area contributed by atoms with Gasteiger partial charge >= 0.3 is 0 Å². The second kappa shape index (κ2) is 7.48. The number of hydrogen-bond acceptors (Lipinski definition) is 5. The lowest BCUT2D eigenvalue weighted by atomic mass is 10.0. The zero-order valence-corrected chi connectivity index (χ0v) is 14.1. The molecule has 3 rings (SSSR count). The Balaban J connectivity index is 1.85. The molecule has 0 spiro atoms. The van der Waals surface area contributed by atoms with E-state index >= 15 is 0 Å². The van der Waals surface area contributed by atoms with E-state index < -0.39 is 0 Å². The number of nitrogens with one attached hydrogen (secondary N) is 1. The largest absolute Gasteiger partial charge is 0.305 e. The molecular weight excluding hydrogens is 328 g/mol. The summed E-state index contributed by atoms with van der Waals surface area (Å²) in [4.78, 5) is 35.9. The van der Waals surface area contributed by atoms with Crippen LogP contribution in [-0.2, 0) is 0 Å². The third-order valence-corrected chi connectivity index (χ3v) is 3.89. The molecule has 6 nitrogen and oxygen atoms in total. The van der Waals surface area contributed by atoms with Crippen molar-refractivity contribution in [1.29, 1.82) is 0 Å². The number of anilines is 1. The number of carbonyl (C=O) groups excluding carboxylic acids is 2. The SMILES string of the molecule is C=Cc1ccc(C=O)cc1-c1cnc(NC(=O)c2cnccc2C)cn1. The lowest BCUT2D eigenvalue weighted by Gasteiger charge is -2.09. The van der Waals surface area contributed by atoms with Crippen molar-refractivity contribution in [2.75, 3.05) is 5.32 Å². The molecule has 128 valence electrons. The van der Waals surface area contributed by atoms with Gasteiger partial charge in [0.15, 0.2) is 5.82 Å². The molecule has 0 atom stereocenters. The van der Waals surface area contributed by atoms with Crippen molar-refractivity contribution >= 4 is 24.1 Å². The van der Waals surface area contributed by atoms with Gasteiger partial charge in [-0.1, -0.05) is 24.8 Å². The highest BCUT2D eigenvalue weighted by Crippen LogP contribution is 2.24. The van der Waals surface area contributed by atoms with Gasteiger partial charge in [0.25, 0.3) is 5.91 Å². The Hall–Kier alpha value is -3.67. The number of amides is 1. The van der Waals surface area contributed by atoms with Crippen molar-refractivity contribution in [2.45, 2.75) is 6.92 Å². The van der Waals surface area contributed by atoms with Crippen LogP contribution in [0.5, 0.6) is 0 Å². The molecule has 0 bridgehead atoms. The van der Waals surface area contributed by atoms with Gasteiger partial charge in [0, 0.05) is 23.5 Å². The van der Waals surface area contributed by atoms with Crippen molar-refractivity contribution in [3.05, 3.63) is 77.9 Å². The van der Waals surface area contributed by atoms with Gasteiger partial charge in [-0.2, -0.15) is 0 Å². The molecule has 0 radical (unpaired) electrons. The number of pyridine rings is 1. The van der Waals surface area contributed by atoms with Gasteiger partial charge in [-0.3, -0.25) is 19.6 Å². The minimum absolute atomic E-state index is 0.299. The summed E-state index contributed by atoms with van der Waals surface area (Å²) in [5, 5.41) is 2.70. The molecule has 1 aromatic carbocycles. The fraction of sp³-hybridized carbons (Fsp3) is 0.0500. The van der Waals surface area contributed by atoms with Crippen LogP contribution in [0, 0.1) is 6.92 Å². The predicted octanol–water partition coefficient (Wildman–Crippen LogP) is 3.55. The van der Waals surface area contributed by atoms with Gasteiger partial charge in [0.1, 0.15) is 6.29 Å². The monoisotopic (exact) mass is 344 g/mol. The number of nitrogens with zero attached hydrogens (tertiary/aromatic N) is 3. The van der Waals surface area contributed by atoms with Crippen LogP contribution >= 0.6 is 0 Å². The summed E-state index contributed by atoms with van der Waals surface area (Å²) in [5.74, 6) is 0.0288. The fourth-order valence-corrected chi connectivity index (χ4v) is 2.46. The summed E-state index contributed by atoms with van der Waals surface area (Å²) in [6.45, 7) is 5.61. The summed E-state index contributed by atoms with van der Waals surface area (Å²) in [7, 11) is 0. The smallest absolute Gasteiger partial charge is 0.258 e. The number of benzene rings is 1. The molecule has 0 saturated heterocycles. The third kappa shape index (κ3) is 3.54. The van der Waals surface area contributed by atoms with Crippen LogP contribution in [0.4, 0.5) is 5.82 Å². The Morgan fingerprint density at radius 1 is 1.15 bits per heavy atom. The van der Waals surface area contributed by atoms with Crippen molar-refractivity contribution in [3.8, 4) is 11.3 Å². The van der Waals surface area contributed by atoms with E-state index in [1.165, 1.54) is 12.4 Å². The normalized spacial score (nSPS) is 10.2. The highest BCUT2D eigenvalue weighted by molar-refractivity contribution is 6.04. The molecule has 26 heavy (non-hydrogen) atoms. The number of aryl methyl sites for hydroxylation is 1. The summed E-state index contributed by atoms with van der Waals surface area (Å²) >= 11 is 0. The van der Waals surface area contributed by atoms with Crippen LogP contribution in [0.25, 0.3) is 17.3 Å². The molecule has 3 aromatic rings. The number of rotatable bonds is 5. The van der Waals surface area contributed by atoms with Crippen molar-refractivity contribution in [2.24, 2.45) is 0 Å². The van der Waals surface area contributed by atoms with E-state index in [-0.39, 0.29) is 5.91 Å². The summed E-state index contributed by atoms with van der Waals surface area (Å²) < 4.78 is 0. The van der Waals surface area contributed by atoms with E-state index in [2.05, 4.69) is 26.8 Å². The molecule has 0 aliphatic carbocycles. The van der Waals surface area contributed by atoms with E-state index in [1.807, 2.05) is 6.92 Å². The minimum Gasteiger partial charge on any atom is -0.305 e. The van der Waals surface area contributed by atoms with Gasteiger partial charge in [0.05, 0.1) is 23.7 Å². The second-order valence-corrected chi connectivity index (χ2v) is 5.60. The quantitative estimate of drug-likeness (QED) is 0.715. The molecule has 1 amide bonds. The second-order valence-electron chi connectivity index (χ2n) is 5.60. The number of aromatic nitrogens is 3. The first-order chi connectivity index (χ1) is 12.6. The standard InChI is InChI=1S/C20H16N4O2/c1-3-15-5-4-14(12-25)8-16(15)18-10-23-19(11-22-18)24-20(26)17-9-21-7-6-13(17)2/h3-12H,1H2,2H3,(H,23,24,26). The van der Waals surface area contributed by atoms with E-state index in [4.69, 9.17) is 0 Å². The van der Waals surface area contributed by atoms with Gasteiger partial charge in [-0.15, -0.1) is 0 Å². The minimum atomic E-state index is -0.299. The van der Waals surface area contributed by atoms with Crippen LogP contribution in [0.1, 0.15) is 31.8 Å². The molecular formula is C20H16N4O2. The Labute approximate surface area is 150 Å². The molecule has 0 aliphatic heterocycles. The zero-order chi connectivity index (χ0) is 18.5. The molecule has 0 aliphatic rings. The summed E-state index contributed by atoms with van der Waals surface area (Å²) in [6, 6.07) is 7.01. The molecule has 2 aromatic heterocycles. The highest BCUT2D eigenvalue weighted by atomic mass is 16.1. The van der Waals surface area contributed by atoms with Gasteiger partial charge in [-0.25, -0.2) is 4.98 Å². The van der Waals surface area contributed by atoms with Crippen LogP contribution < -0.4 is 5.32 Å². The average Bonchev–Trinajstić information content (AvgIpc) is 2.68. The zero-order valence-electron chi connectivity index (χ0n) is 14.1. The Morgan fingerprint density at radius 3 is 2.65 bits per heavy atom. The van der Waals surface area contributed by atoms with Gasteiger partial charge in [0.2, 0.25) is 0 Å². The van der Waals surface area contributed by atoms with E-state index in [0.29, 0.717) is 22.6 Å². The van der Waals surface area contributed by atoms with Crippen molar-refractivity contribution < 1.29 is 9.59 Å². The van der Waals surface area contributed by atoms with Crippen LogP contribution in [0.2, 0.25) is 0 Å². The van der Waals surface area contributed by atoms with Crippen LogP contribution in [0.3, 0.4) is 0 Å².